The maximum Gasteiger partial charge on any atom is 0.272 e. The molecule has 0 saturated carbocycles. The monoisotopic (exact) mass is 346 g/mol. The lowest BCUT2D eigenvalue weighted by molar-refractivity contribution is 0.0779. The first-order valence-corrected chi connectivity index (χ1v) is 8.50. The molecule has 0 saturated heterocycles. The van der Waals surface area contributed by atoms with Gasteiger partial charge in [-0.25, -0.2) is 9.97 Å². The van der Waals surface area contributed by atoms with E-state index >= 15 is 0 Å². The Balaban J connectivity index is 1.80. The summed E-state index contributed by atoms with van der Waals surface area (Å²) in [4.78, 5) is 23.2. The molecular formula is C21H22N4O. The van der Waals surface area contributed by atoms with E-state index < -0.39 is 0 Å². The van der Waals surface area contributed by atoms with Gasteiger partial charge in [0.2, 0.25) is 0 Å². The standard InChI is InChI=1S/C21H22N4O/c1-15-9-7-8-12-18(15)24-20-13-19(22-16(2)23-20)21(26)25(3)14-17-10-5-4-6-11-17/h4-13H,14H2,1-3H3,(H,22,23,24). The van der Waals surface area contributed by atoms with E-state index in [0.29, 0.717) is 23.9 Å². The molecule has 1 N–H and O–H groups in total. The van der Waals surface area contributed by atoms with Crippen LogP contribution in [0, 0.1) is 13.8 Å². The van der Waals surface area contributed by atoms with Crippen molar-refractivity contribution in [1.29, 1.82) is 0 Å². The van der Waals surface area contributed by atoms with E-state index in [9.17, 15) is 4.79 Å². The van der Waals surface area contributed by atoms with Gasteiger partial charge in [-0.1, -0.05) is 48.5 Å². The number of hydrogen-bond donors (Lipinski definition) is 1. The number of para-hydroxylation sites is 1. The van der Waals surface area contributed by atoms with Gasteiger partial charge in [0.25, 0.3) is 5.91 Å². The van der Waals surface area contributed by atoms with Crippen LogP contribution in [0.3, 0.4) is 0 Å². The van der Waals surface area contributed by atoms with Gasteiger partial charge in [0, 0.05) is 25.3 Å². The van der Waals surface area contributed by atoms with Crippen molar-refractivity contribution in [2.45, 2.75) is 20.4 Å². The Kier molecular flexibility index (Phi) is 5.27. The third-order valence-corrected chi connectivity index (χ3v) is 4.07. The van der Waals surface area contributed by atoms with Crippen LogP contribution in [-0.4, -0.2) is 27.8 Å². The Labute approximate surface area is 153 Å². The molecule has 0 atom stereocenters. The van der Waals surface area contributed by atoms with Crippen molar-refractivity contribution in [3.8, 4) is 0 Å². The highest BCUT2D eigenvalue weighted by atomic mass is 16.2. The number of nitrogens with zero attached hydrogens (tertiary/aromatic N) is 3. The topological polar surface area (TPSA) is 58.1 Å². The van der Waals surface area contributed by atoms with Crippen LogP contribution in [0.25, 0.3) is 0 Å². The number of aryl methyl sites for hydroxylation is 2. The predicted molar refractivity (Wildman–Crippen MR) is 103 cm³/mol. The number of carbonyl (C=O) groups is 1. The van der Waals surface area contributed by atoms with E-state index in [2.05, 4.69) is 15.3 Å². The van der Waals surface area contributed by atoms with Crippen LogP contribution in [0.2, 0.25) is 0 Å². The molecule has 0 bridgehead atoms. The lowest BCUT2D eigenvalue weighted by Crippen LogP contribution is -2.27. The van der Waals surface area contributed by atoms with E-state index in [1.807, 2.05) is 61.5 Å². The molecule has 1 aromatic heterocycles. The fourth-order valence-corrected chi connectivity index (χ4v) is 2.72. The molecule has 0 aliphatic carbocycles. The number of amides is 1. The molecule has 0 aliphatic rings. The number of aromatic nitrogens is 2. The van der Waals surface area contributed by atoms with Crippen LogP contribution >= 0.6 is 0 Å². The minimum absolute atomic E-state index is 0.132. The van der Waals surface area contributed by atoms with Crippen molar-refractivity contribution >= 4 is 17.4 Å². The zero-order chi connectivity index (χ0) is 18.5. The zero-order valence-electron chi connectivity index (χ0n) is 15.2. The first kappa shape index (κ1) is 17.6. The molecule has 5 nitrogen and oxygen atoms in total. The summed E-state index contributed by atoms with van der Waals surface area (Å²) in [6.07, 6.45) is 0. The van der Waals surface area contributed by atoms with Crippen molar-refractivity contribution in [3.05, 3.63) is 83.3 Å². The van der Waals surface area contributed by atoms with Gasteiger partial charge < -0.3 is 10.2 Å². The summed E-state index contributed by atoms with van der Waals surface area (Å²) in [6.45, 7) is 4.34. The molecule has 0 fully saturated rings. The van der Waals surface area contributed by atoms with Crippen LogP contribution in [0.15, 0.2) is 60.7 Å². The third-order valence-electron chi connectivity index (χ3n) is 4.07. The highest BCUT2D eigenvalue weighted by Crippen LogP contribution is 2.19. The fourth-order valence-electron chi connectivity index (χ4n) is 2.72. The molecule has 1 amide bonds. The van der Waals surface area contributed by atoms with Gasteiger partial charge in [-0.15, -0.1) is 0 Å². The van der Waals surface area contributed by atoms with E-state index in [0.717, 1.165) is 16.8 Å². The first-order chi connectivity index (χ1) is 12.5. The highest BCUT2D eigenvalue weighted by Gasteiger charge is 2.16. The molecule has 3 aromatic rings. The largest absolute Gasteiger partial charge is 0.340 e. The Morgan fingerprint density at radius 2 is 1.69 bits per heavy atom. The third kappa shape index (κ3) is 4.25. The fraction of sp³-hybridized carbons (Fsp3) is 0.190. The molecule has 2 aromatic carbocycles. The summed E-state index contributed by atoms with van der Waals surface area (Å²) >= 11 is 0. The van der Waals surface area contributed by atoms with Crippen LogP contribution in [0.5, 0.6) is 0 Å². The van der Waals surface area contributed by atoms with Crippen LogP contribution in [0.1, 0.15) is 27.4 Å². The van der Waals surface area contributed by atoms with E-state index in [1.165, 1.54) is 0 Å². The molecule has 0 aliphatic heterocycles. The molecule has 0 unspecified atom stereocenters. The number of benzene rings is 2. The molecule has 0 radical (unpaired) electrons. The number of rotatable bonds is 5. The van der Waals surface area contributed by atoms with Crippen molar-refractivity contribution in [1.82, 2.24) is 14.9 Å². The van der Waals surface area contributed by atoms with Crippen molar-refractivity contribution < 1.29 is 4.79 Å². The minimum atomic E-state index is -0.132. The van der Waals surface area contributed by atoms with Crippen LogP contribution in [-0.2, 0) is 6.54 Å². The molecular weight excluding hydrogens is 324 g/mol. The molecule has 5 heteroatoms. The molecule has 1 heterocycles. The Hall–Kier alpha value is -3.21. The second-order valence-corrected chi connectivity index (χ2v) is 6.27. The number of carbonyl (C=O) groups excluding carboxylic acids is 1. The molecule has 132 valence electrons. The van der Waals surface area contributed by atoms with E-state index in [-0.39, 0.29) is 5.91 Å². The SMILES string of the molecule is Cc1nc(Nc2ccccc2C)cc(C(=O)N(C)Cc2ccccc2)n1. The Morgan fingerprint density at radius 3 is 2.42 bits per heavy atom. The summed E-state index contributed by atoms with van der Waals surface area (Å²) in [6, 6.07) is 19.5. The minimum Gasteiger partial charge on any atom is -0.340 e. The van der Waals surface area contributed by atoms with Gasteiger partial charge in [0.1, 0.15) is 17.3 Å². The maximum absolute atomic E-state index is 12.8. The molecule has 3 rings (SSSR count). The van der Waals surface area contributed by atoms with Gasteiger partial charge in [0.05, 0.1) is 0 Å². The highest BCUT2D eigenvalue weighted by molar-refractivity contribution is 5.93. The lowest BCUT2D eigenvalue weighted by Gasteiger charge is -2.17. The normalized spacial score (nSPS) is 10.4. The Morgan fingerprint density at radius 1 is 1.00 bits per heavy atom. The molecule has 26 heavy (non-hydrogen) atoms. The van der Waals surface area contributed by atoms with Gasteiger partial charge in [0.15, 0.2) is 0 Å². The zero-order valence-corrected chi connectivity index (χ0v) is 15.2. The lowest BCUT2D eigenvalue weighted by atomic mass is 10.2. The maximum atomic E-state index is 12.8. The summed E-state index contributed by atoms with van der Waals surface area (Å²) < 4.78 is 0. The van der Waals surface area contributed by atoms with Gasteiger partial charge in [-0.3, -0.25) is 4.79 Å². The van der Waals surface area contributed by atoms with E-state index in [1.54, 1.807) is 24.9 Å². The number of nitrogens with one attached hydrogen (secondary N) is 1. The van der Waals surface area contributed by atoms with Crippen LogP contribution in [0.4, 0.5) is 11.5 Å². The summed E-state index contributed by atoms with van der Waals surface area (Å²) in [5, 5.41) is 3.28. The number of anilines is 2. The van der Waals surface area contributed by atoms with Crippen molar-refractivity contribution in [2.75, 3.05) is 12.4 Å². The number of hydrogen-bond acceptors (Lipinski definition) is 4. The second-order valence-electron chi connectivity index (χ2n) is 6.27. The summed E-state index contributed by atoms with van der Waals surface area (Å²) in [5.41, 5.74) is 3.53. The molecule has 0 spiro atoms. The second kappa shape index (κ2) is 7.78. The average Bonchev–Trinajstić information content (AvgIpc) is 2.63. The summed E-state index contributed by atoms with van der Waals surface area (Å²) in [7, 11) is 1.78. The predicted octanol–water partition coefficient (Wildman–Crippen LogP) is 4.11. The smallest absolute Gasteiger partial charge is 0.272 e. The quantitative estimate of drug-likeness (QED) is 0.755. The first-order valence-electron chi connectivity index (χ1n) is 8.50. The van der Waals surface area contributed by atoms with E-state index in [4.69, 9.17) is 0 Å². The van der Waals surface area contributed by atoms with Crippen molar-refractivity contribution in [2.24, 2.45) is 0 Å². The summed E-state index contributed by atoms with van der Waals surface area (Å²) in [5.74, 6) is 1.04. The average molecular weight is 346 g/mol. The van der Waals surface area contributed by atoms with Gasteiger partial charge in [-0.2, -0.15) is 0 Å². The van der Waals surface area contributed by atoms with Gasteiger partial charge >= 0.3 is 0 Å². The van der Waals surface area contributed by atoms with Crippen LogP contribution < -0.4 is 5.32 Å². The van der Waals surface area contributed by atoms with Gasteiger partial charge in [-0.05, 0) is 31.0 Å². The Bertz CT molecular complexity index is 909. The van der Waals surface area contributed by atoms with Crippen molar-refractivity contribution in [3.63, 3.8) is 0 Å².